The highest BCUT2D eigenvalue weighted by atomic mass is 14.6. The minimum absolute atomic E-state index is 0.667. The normalized spacial score (nSPS) is 11.3. The van der Waals surface area contributed by atoms with E-state index in [0.29, 0.717) is 11.3 Å². The first-order valence-corrected chi connectivity index (χ1v) is 9.78. The van der Waals surface area contributed by atoms with E-state index in [2.05, 4.69) is 59.4 Å². The van der Waals surface area contributed by atoms with Gasteiger partial charge in [-0.05, 0) is 96.3 Å². The molecule has 6 aromatic rings. The zero-order valence-electron chi connectivity index (χ0n) is 16.0. The molecule has 0 spiro atoms. The fourth-order valence-corrected chi connectivity index (χ4v) is 4.49. The van der Waals surface area contributed by atoms with Gasteiger partial charge in [-0.1, -0.05) is 42.5 Å². The van der Waals surface area contributed by atoms with Crippen molar-refractivity contribution in [3.8, 4) is 6.07 Å². The zero-order chi connectivity index (χ0) is 20.2. The number of hydrogen-bond donors (Lipinski definition) is 0. The average molecular weight is 378 g/mol. The predicted octanol–water partition coefficient (Wildman–Crippen LogP) is 7.88. The third kappa shape index (κ3) is 2.35. The van der Waals surface area contributed by atoms with Crippen LogP contribution in [0.2, 0.25) is 0 Å². The molecule has 0 atom stereocenters. The van der Waals surface area contributed by atoms with Crippen LogP contribution in [0.15, 0.2) is 84.9 Å². The van der Waals surface area contributed by atoms with Crippen LogP contribution in [0.3, 0.4) is 0 Å². The van der Waals surface area contributed by atoms with Crippen LogP contribution in [-0.2, 0) is 0 Å². The number of rotatable bonds is 0. The Hall–Kier alpha value is -4.40. The lowest BCUT2D eigenvalue weighted by molar-refractivity contribution is 1.50. The molecule has 6 rings (SSSR count). The van der Waals surface area contributed by atoms with Gasteiger partial charge in [0.1, 0.15) is 0 Å². The van der Waals surface area contributed by atoms with Crippen LogP contribution in [0.1, 0.15) is 5.56 Å². The van der Waals surface area contributed by atoms with Gasteiger partial charge >= 0.3 is 0 Å². The Bertz CT molecular complexity index is 1630. The maximum Gasteiger partial charge on any atom is 0.187 e. The Kier molecular flexibility index (Phi) is 3.33. The van der Waals surface area contributed by atoms with Crippen molar-refractivity contribution in [2.75, 3.05) is 0 Å². The fraction of sp³-hybridized carbons (Fsp3) is 0. The molecule has 0 aliphatic rings. The van der Waals surface area contributed by atoms with E-state index in [1.807, 2.05) is 36.4 Å². The lowest BCUT2D eigenvalue weighted by Gasteiger charge is -2.10. The topological polar surface area (TPSA) is 28.1 Å². The summed E-state index contributed by atoms with van der Waals surface area (Å²) in [4.78, 5) is 3.55. The first-order chi connectivity index (χ1) is 14.7. The lowest BCUT2D eigenvalue weighted by atomic mass is 9.93. The van der Waals surface area contributed by atoms with Crippen molar-refractivity contribution in [2.45, 2.75) is 0 Å². The fourth-order valence-electron chi connectivity index (χ4n) is 4.49. The van der Waals surface area contributed by atoms with Gasteiger partial charge in [0.15, 0.2) is 5.69 Å². The molecule has 0 amide bonds. The van der Waals surface area contributed by atoms with Crippen molar-refractivity contribution in [3.05, 3.63) is 102 Å². The maximum atomic E-state index is 9.19. The molecule has 136 valence electrons. The summed E-state index contributed by atoms with van der Waals surface area (Å²) in [5.74, 6) is 0. The molecule has 0 saturated heterocycles. The van der Waals surface area contributed by atoms with Gasteiger partial charge in [-0.3, -0.25) is 0 Å². The van der Waals surface area contributed by atoms with Crippen molar-refractivity contribution >= 4 is 59.5 Å². The molecule has 0 radical (unpaired) electrons. The van der Waals surface area contributed by atoms with Crippen molar-refractivity contribution in [3.63, 3.8) is 0 Å². The Morgan fingerprint density at radius 3 is 1.70 bits per heavy atom. The third-order valence-corrected chi connectivity index (χ3v) is 5.99. The van der Waals surface area contributed by atoms with Crippen LogP contribution in [0, 0.1) is 17.9 Å². The number of nitriles is 1. The Balaban J connectivity index is 1.70. The largest absolute Gasteiger partial charge is 0.238 e. The summed E-state index contributed by atoms with van der Waals surface area (Å²) in [5.41, 5.74) is 1.35. The second-order valence-corrected chi connectivity index (χ2v) is 7.69. The van der Waals surface area contributed by atoms with Gasteiger partial charge in [0, 0.05) is 0 Å². The molecule has 0 heterocycles. The van der Waals surface area contributed by atoms with Gasteiger partial charge in [-0.25, -0.2) is 4.85 Å². The predicted molar refractivity (Wildman–Crippen MR) is 125 cm³/mol. The van der Waals surface area contributed by atoms with Crippen LogP contribution in [0.25, 0.3) is 58.7 Å². The van der Waals surface area contributed by atoms with Crippen LogP contribution in [0.4, 0.5) is 5.69 Å². The SMILES string of the molecule is [C-]#[N+]c1ccc2cc3c(ccc4c5cc6ccc(C#N)cc6cc5ccc34)cc2c1. The van der Waals surface area contributed by atoms with E-state index in [0.717, 1.165) is 21.5 Å². The quantitative estimate of drug-likeness (QED) is 0.150. The highest BCUT2D eigenvalue weighted by molar-refractivity contribution is 6.20. The Morgan fingerprint density at radius 1 is 0.533 bits per heavy atom. The molecule has 0 N–H and O–H groups in total. The molecule has 0 unspecified atom stereocenters. The summed E-state index contributed by atoms with van der Waals surface area (Å²) in [5, 5.41) is 20.9. The van der Waals surface area contributed by atoms with Crippen LogP contribution in [-0.4, -0.2) is 0 Å². The Morgan fingerprint density at radius 2 is 1.10 bits per heavy atom. The van der Waals surface area contributed by atoms with Gasteiger partial charge < -0.3 is 0 Å². The van der Waals surface area contributed by atoms with E-state index in [1.165, 1.54) is 32.3 Å². The van der Waals surface area contributed by atoms with Gasteiger partial charge in [0.25, 0.3) is 0 Å². The minimum atomic E-state index is 0.667. The van der Waals surface area contributed by atoms with E-state index >= 15 is 0 Å². The van der Waals surface area contributed by atoms with Gasteiger partial charge in [-0.2, -0.15) is 5.26 Å². The summed E-state index contributed by atoms with van der Waals surface area (Å²) < 4.78 is 0. The summed E-state index contributed by atoms with van der Waals surface area (Å²) >= 11 is 0. The van der Waals surface area contributed by atoms with E-state index in [-0.39, 0.29) is 0 Å². The van der Waals surface area contributed by atoms with Crippen molar-refractivity contribution in [1.82, 2.24) is 0 Å². The van der Waals surface area contributed by atoms with Crippen LogP contribution >= 0.6 is 0 Å². The molecule has 0 aliphatic heterocycles. The molecular formula is C28H14N2. The summed E-state index contributed by atoms with van der Waals surface area (Å²) in [6.07, 6.45) is 0. The van der Waals surface area contributed by atoms with Crippen LogP contribution < -0.4 is 0 Å². The summed E-state index contributed by atoms with van der Waals surface area (Å²) in [7, 11) is 0. The third-order valence-electron chi connectivity index (χ3n) is 5.99. The maximum absolute atomic E-state index is 9.19. The molecule has 2 heteroatoms. The minimum Gasteiger partial charge on any atom is -0.238 e. The standard InChI is InChI=1S/C28H14N2/c1-30-24-7-4-19-15-28-21(12-23(19)13-24)6-9-25-26(28)8-5-20-11-22-10-17(16-29)2-3-18(22)14-27(20)25/h2-15H. The summed E-state index contributed by atoms with van der Waals surface area (Å²) in [6.45, 7) is 7.26. The van der Waals surface area contributed by atoms with E-state index in [4.69, 9.17) is 6.57 Å². The molecule has 0 aromatic heterocycles. The molecule has 30 heavy (non-hydrogen) atoms. The van der Waals surface area contributed by atoms with E-state index in [9.17, 15) is 5.26 Å². The van der Waals surface area contributed by atoms with Gasteiger partial charge in [0.2, 0.25) is 0 Å². The number of nitrogens with zero attached hydrogens (tertiary/aromatic N) is 2. The second-order valence-electron chi connectivity index (χ2n) is 7.69. The van der Waals surface area contributed by atoms with Gasteiger partial charge in [-0.15, -0.1) is 0 Å². The smallest absolute Gasteiger partial charge is 0.187 e. The van der Waals surface area contributed by atoms with Crippen molar-refractivity contribution < 1.29 is 0 Å². The highest BCUT2D eigenvalue weighted by Crippen LogP contribution is 2.36. The first-order valence-electron chi connectivity index (χ1n) is 9.78. The average Bonchev–Trinajstić information content (AvgIpc) is 2.80. The molecule has 0 fully saturated rings. The molecule has 0 aliphatic carbocycles. The van der Waals surface area contributed by atoms with Crippen molar-refractivity contribution in [1.29, 1.82) is 5.26 Å². The summed E-state index contributed by atoms with van der Waals surface area (Å²) in [6, 6.07) is 31.5. The van der Waals surface area contributed by atoms with Crippen molar-refractivity contribution in [2.24, 2.45) is 0 Å². The van der Waals surface area contributed by atoms with Gasteiger partial charge in [0.05, 0.1) is 18.2 Å². The Labute approximate surface area is 173 Å². The van der Waals surface area contributed by atoms with Crippen LogP contribution in [0.5, 0.6) is 0 Å². The first kappa shape index (κ1) is 16.5. The molecular weight excluding hydrogens is 364 g/mol. The van der Waals surface area contributed by atoms with E-state index < -0.39 is 0 Å². The number of hydrogen-bond acceptors (Lipinski definition) is 1. The molecule has 2 nitrogen and oxygen atoms in total. The number of fused-ring (bicyclic) bond motifs is 7. The molecule has 0 saturated carbocycles. The molecule has 6 aromatic carbocycles. The highest BCUT2D eigenvalue weighted by Gasteiger charge is 2.08. The zero-order valence-corrected chi connectivity index (χ0v) is 16.0. The lowest BCUT2D eigenvalue weighted by Crippen LogP contribution is -1.84. The second kappa shape index (κ2) is 6.05. The van der Waals surface area contributed by atoms with E-state index in [1.54, 1.807) is 0 Å². The number of benzene rings is 6. The monoisotopic (exact) mass is 378 g/mol. The molecule has 0 bridgehead atoms.